The second kappa shape index (κ2) is 23.5. The molecule has 0 radical (unpaired) electrons. The molecule has 0 fully saturated rings. The van der Waals surface area contributed by atoms with Gasteiger partial charge in [-0.15, -0.1) is 0 Å². The summed E-state index contributed by atoms with van der Waals surface area (Å²) in [6, 6.07) is 84.8. The van der Waals surface area contributed by atoms with E-state index in [0.29, 0.717) is 5.46 Å². The van der Waals surface area contributed by atoms with E-state index in [-0.39, 0.29) is 16.2 Å². The van der Waals surface area contributed by atoms with Crippen LogP contribution in [0.1, 0.15) is 124 Å². The average Bonchev–Trinajstić information content (AvgIpc) is 3.86. The first kappa shape index (κ1) is 58.8. The smallest absolute Gasteiger partial charge is 0.423 e. The lowest BCUT2D eigenvalue weighted by Gasteiger charge is -2.32. The zero-order valence-corrected chi connectivity index (χ0v) is 52.8. The summed E-state index contributed by atoms with van der Waals surface area (Å²) in [5.41, 5.74) is 21.2. The minimum absolute atomic E-state index is 0.0961. The molecule has 0 saturated heterocycles. The van der Waals surface area contributed by atoms with Gasteiger partial charge in [0, 0.05) is 11.1 Å². The lowest BCUT2D eigenvalue weighted by molar-refractivity contribution is 0.425. The highest BCUT2D eigenvalue weighted by atomic mass is 79.9. The number of nitrogens with zero attached hydrogens (tertiary/aromatic N) is 4. The molecular weight excluding hydrogens is 1170 g/mol. The van der Waals surface area contributed by atoms with Crippen LogP contribution in [0.25, 0.3) is 44.8 Å². The number of fused-ring (bicyclic) bond motifs is 6. The van der Waals surface area contributed by atoms with Crippen LogP contribution in [0.15, 0.2) is 252 Å². The molecule has 2 aliphatic rings. The fourth-order valence-corrected chi connectivity index (χ4v) is 12.8. The van der Waals surface area contributed by atoms with Crippen molar-refractivity contribution in [2.24, 2.45) is 0 Å². The van der Waals surface area contributed by atoms with E-state index in [4.69, 9.17) is 30.0 Å². The minimum Gasteiger partial charge on any atom is -0.423 e. The van der Waals surface area contributed by atoms with Crippen LogP contribution in [-0.2, 0) is 27.1 Å². The maximum Gasteiger partial charge on any atom is 0.488 e. The maximum absolute atomic E-state index is 8.87. The van der Waals surface area contributed by atoms with Gasteiger partial charge in [0.05, 0.1) is 34.2 Å². The van der Waals surface area contributed by atoms with E-state index < -0.39 is 17.9 Å². The molecule has 85 heavy (non-hydrogen) atoms. The van der Waals surface area contributed by atoms with Gasteiger partial charge in [-0.1, -0.05) is 256 Å². The number of rotatable bonds is 7. The van der Waals surface area contributed by atoms with E-state index in [1.807, 2.05) is 36.4 Å². The molecule has 13 rings (SSSR count). The van der Waals surface area contributed by atoms with Crippen molar-refractivity contribution in [1.82, 2.24) is 19.9 Å². The van der Waals surface area contributed by atoms with Crippen molar-refractivity contribution in [2.75, 3.05) is 0 Å². The van der Waals surface area contributed by atoms with E-state index >= 15 is 0 Å². The Labute approximate surface area is 518 Å². The van der Waals surface area contributed by atoms with Crippen LogP contribution in [0.3, 0.4) is 0 Å². The van der Waals surface area contributed by atoms with Crippen LogP contribution >= 0.6 is 31.9 Å². The first-order valence-electron chi connectivity index (χ1n) is 29.0. The highest BCUT2D eigenvalue weighted by Gasteiger charge is 2.50. The lowest BCUT2D eigenvalue weighted by atomic mass is 9.72. The molecule has 4 heterocycles. The number of pyridine rings is 4. The van der Waals surface area contributed by atoms with Crippen molar-refractivity contribution >= 4 is 44.4 Å². The summed E-state index contributed by atoms with van der Waals surface area (Å²) in [7, 11) is -1.37. The summed E-state index contributed by atoms with van der Waals surface area (Å²) in [5, 5.41) is 17.7. The Morgan fingerprint density at radius 3 is 0.859 bits per heavy atom. The molecule has 0 amide bonds. The Kier molecular flexibility index (Phi) is 16.3. The van der Waals surface area contributed by atoms with E-state index in [2.05, 4.69) is 288 Å². The highest BCUT2D eigenvalue weighted by Crippen LogP contribution is 2.57. The van der Waals surface area contributed by atoms with Gasteiger partial charge in [-0.25, -0.2) is 9.97 Å². The predicted molar refractivity (Wildman–Crippen MR) is 357 cm³/mol. The molecule has 422 valence electrons. The summed E-state index contributed by atoms with van der Waals surface area (Å²) in [6.07, 6.45) is 0. The van der Waals surface area contributed by atoms with Gasteiger partial charge < -0.3 is 10.0 Å². The maximum atomic E-state index is 8.87. The minimum atomic E-state index is -1.37. The SMILES string of the molecule is Brc1cccc(C2(c3cccc(Br)n3)c3ccccc3-c3ccccc32)n1.CC(C)(C)c1ccc(-c2cccc(C3(c4cccc(-c5ccc(C(C)(C)C)cc5)n4)c4ccccc4-c4ccccc43)n2)cc1.CC(C)(C)c1ccc(B(O)O)cc1. The van der Waals surface area contributed by atoms with Crippen molar-refractivity contribution in [2.45, 2.75) is 89.4 Å². The molecule has 11 aromatic rings. The van der Waals surface area contributed by atoms with E-state index in [9.17, 15) is 0 Å². The third kappa shape index (κ3) is 11.3. The van der Waals surface area contributed by atoms with Crippen molar-refractivity contribution < 1.29 is 10.0 Å². The summed E-state index contributed by atoms with van der Waals surface area (Å²) in [5.74, 6) is 0. The summed E-state index contributed by atoms with van der Waals surface area (Å²) in [6.45, 7) is 19.9. The van der Waals surface area contributed by atoms with Gasteiger partial charge in [0.25, 0.3) is 0 Å². The third-order valence-electron chi connectivity index (χ3n) is 16.5. The van der Waals surface area contributed by atoms with Gasteiger partial charge in [0.15, 0.2) is 0 Å². The molecule has 6 nitrogen and oxygen atoms in total. The molecule has 9 heteroatoms. The van der Waals surface area contributed by atoms with E-state index in [0.717, 1.165) is 54.5 Å². The number of benzene rings is 7. The van der Waals surface area contributed by atoms with Crippen molar-refractivity contribution in [3.05, 3.63) is 314 Å². The second-order valence-electron chi connectivity index (χ2n) is 25.1. The summed E-state index contributed by atoms with van der Waals surface area (Å²) < 4.78 is 1.63. The normalized spacial score (nSPS) is 13.4. The van der Waals surface area contributed by atoms with Crippen LogP contribution in [0.2, 0.25) is 0 Å². The van der Waals surface area contributed by atoms with E-state index in [1.54, 1.807) is 12.1 Å². The van der Waals surface area contributed by atoms with Crippen molar-refractivity contribution in [3.63, 3.8) is 0 Å². The van der Waals surface area contributed by atoms with Gasteiger partial charge in [0.1, 0.15) is 20.0 Å². The van der Waals surface area contributed by atoms with E-state index in [1.165, 1.54) is 61.2 Å². The lowest BCUT2D eigenvalue weighted by Crippen LogP contribution is -2.31. The average molecular weight is 1240 g/mol. The fourth-order valence-electron chi connectivity index (χ4n) is 12.1. The summed E-state index contributed by atoms with van der Waals surface area (Å²) >= 11 is 7.12. The van der Waals surface area contributed by atoms with Crippen molar-refractivity contribution in [3.8, 4) is 44.8 Å². The van der Waals surface area contributed by atoms with Crippen LogP contribution in [0.5, 0.6) is 0 Å². The summed E-state index contributed by atoms with van der Waals surface area (Å²) in [4.78, 5) is 20.7. The first-order valence-corrected chi connectivity index (χ1v) is 30.6. The van der Waals surface area contributed by atoms with Crippen LogP contribution in [0.4, 0.5) is 0 Å². The largest absolute Gasteiger partial charge is 0.488 e. The molecule has 2 N–H and O–H groups in total. The van der Waals surface area contributed by atoms with Gasteiger partial charge in [-0.2, -0.15) is 0 Å². The van der Waals surface area contributed by atoms with Gasteiger partial charge in [0.2, 0.25) is 0 Å². The Hall–Kier alpha value is -7.92. The standard InChI is InChI=1S/C43H40N2.C23H14Br2N2.C10H15BO2/c1-41(2,3)31-25-21-29(22-26-31)37-17-11-19-39(44-37)43(35-15-9-7-13-33(35)34-14-8-10-16-36(34)43)40-20-12-18-38(45-40)30-23-27-32(28-24-30)42(4,5)6;24-21-13-5-11-19(26-21)23(20-12-6-14-22(25)27-20)17-9-3-1-7-15(17)16-8-2-4-10-18(16)23;1-10(2,3)8-4-6-9(7-5-8)11(12)13/h7-28H,1-6H3;1-14H;4-7,12-13H,1-3H3. The molecule has 2 aliphatic carbocycles. The molecule has 0 unspecified atom stereocenters. The predicted octanol–water partition coefficient (Wildman–Crippen LogP) is 17.8. The van der Waals surface area contributed by atoms with Crippen molar-refractivity contribution in [1.29, 1.82) is 0 Å². The molecule has 0 spiro atoms. The molecule has 4 aromatic heterocycles. The Bertz CT molecular complexity index is 3960. The third-order valence-corrected chi connectivity index (χ3v) is 17.4. The molecule has 0 saturated carbocycles. The molecule has 0 aliphatic heterocycles. The van der Waals surface area contributed by atoms with Gasteiger partial charge in [-0.05, 0) is 163 Å². The highest BCUT2D eigenvalue weighted by molar-refractivity contribution is 9.10. The molecular formula is C76H69BBr2N4O2. The fraction of sp³-hybridized carbons (Fsp3) is 0.184. The van der Waals surface area contributed by atoms with Crippen LogP contribution in [-0.4, -0.2) is 37.1 Å². The molecule has 0 bridgehead atoms. The molecule has 7 aromatic carbocycles. The number of hydrogen-bond acceptors (Lipinski definition) is 6. The molecule has 0 atom stereocenters. The number of aromatic nitrogens is 4. The second-order valence-corrected chi connectivity index (χ2v) is 26.7. The van der Waals surface area contributed by atoms with Gasteiger partial charge >= 0.3 is 7.12 Å². The topological polar surface area (TPSA) is 92.0 Å². The Morgan fingerprint density at radius 1 is 0.306 bits per heavy atom. The number of halogens is 2. The monoisotopic (exact) mass is 1240 g/mol. The van der Waals surface area contributed by atoms with Crippen LogP contribution < -0.4 is 5.46 Å². The zero-order valence-electron chi connectivity index (χ0n) is 49.6. The first-order chi connectivity index (χ1) is 40.7. The van der Waals surface area contributed by atoms with Crippen LogP contribution in [0, 0.1) is 0 Å². The zero-order chi connectivity index (χ0) is 59.9. The quantitative estimate of drug-likeness (QED) is 0.122. The Morgan fingerprint density at radius 2 is 0.576 bits per heavy atom. The number of hydrogen-bond donors (Lipinski definition) is 2. The van der Waals surface area contributed by atoms with Gasteiger partial charge in [-0.3, -0.25) is 9.97 Å². The Balaban J connectivity index is 0.000000158.